The molecule has 0 amide bonds. The third-order valence-corrected chi connectivity index (χ3v) is 11.8. The Morgan fingerprint density at radius 3 is 1.86 bits per heavy atom. The lowest BCUT2D eigenvalue weighted by Crippen LogP contribution is -2.36. The first-order valence-corrected chi connectivity index (χ1v) is 21.0. The number of rotatable bonds is 11. The smallest absolute Gasteiger partial charge is 0.374 e. The Hall–Kier alpha value is -6.31. The van der Waals surface area contributed by atoms with Crippen molar-refractivity contribution in [3.05, 3.63) is 180 Å². The fourth-order valence-electron chi connectivity index (χ4n) is 7.04. The summed E-state index contributed by atoms with van der Waals surface area (Å²) in [6.45, 7) is 2.09. The fraction of sp³-hybridized carbons (Fsp3) is 0.0889. The molecule has 1 aromatic heterocycles. The molecule has 0 saturated carbocycles. The molecule has 0 atom stereocenters. The highest BCUT2D eigenvalue weighted by molar-refractivity contribution is 7.86. The summed E-state index contributed by atoms with van der Waals surface area (Å²) in [5.74, 6) is 1.40. The van der Waals surface area contributed by atoms with E-state index in [0.717, 1.165) is 27.8 Å². The molecule has 7 aromatic rings. The maximum absolute atomic E-state index is 12.5. The van der Waals surface area contributed by atoms with Gasteiger partial charge < -0.3 is 14.1 Å². The van der Waals surface area contributed by atoms with Crippen molar-refractivity contribution in [2.75, 3.05) is 4.90 Å². The molecule has 1 aliphatic heterocycles. The lowest BCUT2D eigenvalue weighted by atomic mass is 10.0. The zero-order valence-corrected chi connectivity index (χ0v) is 32.3. The molecule has 6 aromatic carbocycles. The average Bonchev–Trinajstić information content (AvgIpc) is 3.73. The topological polar surface area (TPSA) is 138 Å². The highest BCUT2D eigenvalue weighted by Crippen LogP contribution is 2.43. The molecule has 8 rings (SSSR count). The van der Waals surface area contributed by atoms with Crippen LogP contribution in [0, 0.1) is 0 Å². The zero-order valence-electron chi connectivity index (χ0n) is 30.7. The summed E-state index contributed by atoms with van der Waals surface area (Å²) >= 11 is 0. The summed E-state index contributed by atoms with van der Waals surface area (Å²) in [6, 6.07) is 44.0. The van der Waals surface area contributed by atoms with Gasteiger partial charge in [0.1, 0.15) is 4.90 Å². The zero-order chi connectivity index (χ0) is 39.7. The van der Waals surface area contributed by atoms with Gasteiger partial charge in [0.25, 0.3) is 25.8 Å². The molecule has 0 saturated heterocycles. The Balaban J connectivity index is 1.27. The van der Waals surface area contributed by atoms with E-state index >= 15 is 0 Å². The Bertz CT molecular complexity index is 2920. The standard InChI is InChI=1S/C45H36N2O8S2/c1-2-31(25-44-46(29-36-17-9-11-19-42(36)56(48,49)50)38-27-34(21-23-40(38)54-44)32-13-5-3-6-14-32)26-45-47(30-37-18-10-12-20-43(37)57(51,52)53)39-28-35(22-24-41(39)55-45)33-15-7-4-8-16-33/h3-28H,2,29-30H2,1H3,(H-,48,49,50,51,52,53)/p+1. The Morgan fingerprint density at radius 2 is 1.23 bits per heavy atom. The molecule has 2 N–H and O–H groups in total. The number of anilines is 1. The molecule has 0 radical (unpaired) electrons. The summed E-state index contributed by atoms with van der Waals surface area (Å²) in [4.78, 5) is 1.47. The van der Waals surface area contributed by atoms with Crippen LogP contribution in [0.1, 0.15) is 30.4 Å². The fourth-order valence-corrected chi connectivity index (χ4v) is 8.47. The molecule has 12 heteroatoms. The molecule has 2 heterocycles. The summed E-state index contributed by atoms with van der Waals surface area (Å²) in [5, 5.41) is 0. The van der Waals surface area contributed by atoms with Crippen molar-refractivity contribution in [1.29, 1.82) is 0 Å². The minimum absolute atomic E-state index is 0.0589. The minimum atomic E-state index is -4.53. The molecule has 0 fully saturated rings. The van der Waals surface area contributed by atoms with Gasteiger partial charge in [0.15, 0.2) is 12.3 Å². The van der Waals surface area contributed by atoms with Gasteiger partial charge in [-0.2, -0.15) is 21.4 Å². The summed E-state index contributed by atoms with van der Waals surface area (Å²) in [5.41, 5.74) is 7.34. The van der Waals surface area contributed by atoms with Crippen molar-refractivity contribution in [2.24, 2.45) is 0 Å². The minimum Gasteiger partial charge on any atom is -0.439 e. The van der Waals surface area contributed by atoms with Gasteiger partial charge in [0.05, 0.1) is 23.2 Å². The molecule has 0 bridgehead atoms. The number of allylic oxidation sites excluding steroid dienone is 2. The SMILES string of the molecule is CCC(/C=C1\Oc2ccc(-c3ccccc3)cc2N1Cc1ccccc1S(=O)(=O)O)=C\c1oc2ccc(-c3ccccc3)cc2[n+]1Cc1ccccc1S(=O)(=O)O. The number of hydrogen-bond donors (Lipinski definition) is 2. The predicted molar refractivity (Wildman–Crippen MR) is 219 cm³/mol. The van der Waals surface area contributed by atoms with Crippen LogP contribution in [-0.2, 0) is 33.3 Å². The maximum atomic E-state index is 12.5. The van der Waals surface area contributed by atoms with Crippen LogP contribution in [0.2, 0.25) is 0 Å². The van der Waals surface area contributed by atoms with Crippen LogP contribution in [0.5, 0.6) is 5.75 Å². The molecular weight excluding hydrogens is 761 g/mol. The molecule has 286 valence electrons. The monoisotopic (exact) mass is 797 g/mol. The number of aromatic nitrogens is 1. The quantitative estimate of drug-likeness (QED) is 0.0969. The van der Waals surface area contributed by atoms with E-state index in [0.29, 0.717) is 51.9 Å². The van der Waals surface area contributed by atoms with Gasteiger partial charge in [0, 0.05) is 17.7 Å². The van der Waals surface area contributed by atoms with Gasteiger partial charge in [-0.3, -0.25) is 9.11 Å². The molecule has 1 aliphatic rings. The van der Waals surface area contributed by atoms with E-state index in [2.05, 4.69) is 0 Å². The van der Waals surface area contributed by atoms with Crippen molar-refractivity contribution in [2.45, 2.75) is 36.2 Å². The lowest BCUT2D eigenvalue weighted by Gasteiger charge is -2.20. The summed E-state index contributed by atoms with van der Waals surface area (Å²) < 4.78 is 84.9. The Kier molecular flexibility index (Phi) is 10.1. The van der Waals surface area contributed by atoms with Gasteiger partial charge in [-0.25, -0.2) is 0 Å². The van der Waals surface area contributed by atoms with E-state index in [9.17, 15) is 25.9 Å². The maximum Gasteiger partial charge on any atom is 0.374 e. The van der Waals surface area contributed by atoms with Crippen LogP contribution in [-0.4, -0.2) is 25.9 Å². The van der Waals surface area contributed by atoms with Gasteiger partial charge in [0.2, 0.25) is 11.5 Å². The van der Waals surface area contributed by atoms with E-state index in [-0.39, 0.29) is 22.9 Å². The number of nitrogens with zero attached hydrogens (tertiary/aromatic N) is 2. The van der Waals surface area contributed by atoms with Crippen molar-refractivity contribution >= 4 is 43.1 Å². The highest BCUT2D eigenvalue weighted by atomic mass is 32.2. The second-order valence-electron chi connectivity index (χ2n) is 13.5. The number of ether oxygens (including phenoxy) is 1. The van der Waals surface area contributed by atoms with Crippen molar-refractivity contribution in [3.8, 4) is 28.0 Å². The summed E-state index contributed by atoms with van der Waals surface area (Å²) in [6.07, 6.45) is 4.23. The number of fused-ring (bicyclic) bond motifs is 2. The first-order chi connectivity index (χ1) is 27.5. The third kappa shape index (κ3) is 7.89. The number of hydrogen-bond acceptors (Lipinski definition) is 7. The third-order valence-electron chi connectivity index (χ3n) is 9.86. The van der Waals surface area contributed by atoms with Crippen molar-refractivity contribution < 1.29 is 39.7 Å². The molecule has 57 heavy (non-hydrogen) atoms. The Morgan fingerprint density at radius 1 is 0.667 bits per heavy atom. The van der Waals surface area contributed by atoms with Crippen LogP contribution in [0.25, 0.3) is 39.4 Å². The second kappa shape index (κ2) is 15.3. The van der Waals surface area contributed by atoms with Gasteiger partial charge >= 0.3 is 5.89 Å². The Labute approximate surface area is 330 Å². The summed E-state index contributed by atoms with van der Waals surface area (Å²) in [7, 11) is -9.07. The lowest BCUT2D eigenvalue weighted by molar-refractivity contribution is -0.669. The highest BCUT2D eigenvalue weighted by Gasteiger charge is 2.30. The predicted octanol–water partition coefficient (Wildman–Crippen LogP) is 9.33. The van der Waals surface area contributed by atoms with Crippen molar-refractivity contribution in [1.82, 2.24) is 0 Å². The molecule has 0 aliphatic carbocycles. The number of oxazole rings is 1. The van der Waals surface area contributed by atoms with Gasteiger partial charge in [-0.05, 0) is 70.1 Å². The largest absolute Gasteiger partial charge is 0.439 e. The van der Waals surface area contributed by atoms with E-state index in [1.807, 2.05) is 126 Å². The van der Waals surface area contributed by atoms with Crippen molar-refractivity contribution in [3.63, 3.8) is 0 Å². The molecular formula is C45H37N2O8S2+. The van der Waals surface area contributed by atoms with Crippen LogP contribution < -0.4 is 14.2 Å². The second-order valence-corrected chi connectivity index (χ2v) is 16.3. The van der Waals surface area contributed by atoms with E-state index in [1.165, 1.54) is 12.1 Å². The molecule has 0 spiro atoms. The molecule has 10 nitrogen and oxygen atoms in total. The van der Waals surface area contributed by atoms with Crippen LogP contribution in [0.15, 0.2) is 177 Å². The first-order valence-electron chi connectivity index (χ1n) is 18.2. The van der Waals surface area contributed by atoms with Gasteiger partial charge in [-0.1, -0.05) is 116 Å². The van der Waals surface area contributed by atoms with Gasteiger partial charge in [-0.15, -0.1) is 0 Å². The van der Waals surface area contributed by atoms with E-state index in [1.54, 1.807) is 36.4 Å². The first kappa shape index (κ1) is 37.6. The van der Waals surface area contributed by atoms with E-state index in [4.69, 9.17) is 9.15 Å². The number of benzene rings is 6. The molecule has 0 unspecified atom stereocenters. The van der Waals surface area contributed by atoms with Crippen LogP contribution in [0.3, 0.4) is 0 Å². The van der Waals surface area contributed by atoms with E-state index < -0.39 is 20.2 Å². The van der Waals surface area contributed by atoms with Crippen LogP contribution in [0.4, 0.5) is 5.69 Å². The normalized spacial score (nSPS) is 13.9. The average molecular weight is 798 g/mol. The van der Waals surface area contributed by atoms with Crippen LogP contribution >= 0.6 is 0 Å².